The average molecular weight is 417 g/mol. The van der Waals surface area contributed by atoms with Crippen LogP contribution >= 0.6 is 0 Å². The van der Waals surface area contributed by atoms with Crippen LogP contribution in [0.25, 0.3) is 28.0 Å². The smallest absolute Gasteiger partial charge is 0.175 e. The van der Waals surface area contributed by atoms with Gasteiger partial charge in [0.2, 0.25) is 0 Å². The molecule has 4 N–H and O–H groups in total. The third kappa shape index (κ3) is 3.66. The molecule has 0 radical (unpaired) electrons. The Bertz CT molecular complexity index is 1220. The first-order chi connectivity index (χ1) is 15.1. The Morgan fingerprint density at radius 3 is 2.87 bits per heavy atom. The largest absolute Gasteiger partial charge is 0.393 e. The molecule has 0 amide bonds. The molecular weight excluding hydrogens is 394 g/mol. The van der Waals surface area contributed by atoms with Crippen molar-refractivity contribution in [2.24, 2.45) is 0 Å². The third-order valence-electron chi connectivity index (χ3n) is 5.57. The van der Waals surface area contributed by atoms with E-state index < -0.39 is 0 Å². The van der Waals surface area contributed by atoms with Crippen molar-refractivity contribution in [3.8, 4) is 16.9 Å². The first-order valence-electron chi connectivity index (χ1n) is 10.3. The number of nitrogens with zero attached hydrogens (tertiary/aromatic N) is 7. The summed E-state index contributed by atoms with van der Waals surface area (Å²) in [5.41, 5.74) is 9.81. The Hall–Kier alpha value is -3.66. The van der Waals surface area contributed by atoms with Crippen LogP contribution < -0.4 is 11.1 Å². The quantitative estimate of drug-likeness (QED) is 0.445. The van der Waals surface area contributed by atoms with Gasteiger partial charge in [0.1, 0.15) is 16.9 Å². The summed E-state index contributed by atoms with van der Waals surface area (Å²) in [7, 11) is 0. The van der Waals surface area contributed by atoms with Crippen molar-refractivity contribution >= 4 is 22.7 Å². The van der Waals surface area contributed by atoms with Gasteiger partial charge in [-0.3, -0.25) is 0 Å². The number of nitrogen functional groups attached to an aromatic ring is 1. The van der Waals surface area contributed by atoms with E-state index in [0.29, 0.717) is 35.5 Å². The Kier molecular flexibility index (Phi) is 4.91. The van der Waals surface area contributed by atoms with E-state index in [-0.39, 0.29) is 12.1 Å². The minimum absolute atomic E-state index is 0.175. The van der Waals surface area contributed by atoms with Crippen molar-refractivity contribution in [2.75, 3.05) is 11.1 Å². The van der Waals surface area contributed by atoms with Gasteiger partial charge in [-0.2, -0.15) is 10.2 Å². The van der Waals surface area contributed by atoms with Crippen LogP contribution in [0.15, 0.2) is 36.9 Å². The molecule has 0 aliphatic heterocycles. The minimum Gasteiger partial charge on any atom is -0.393 e. The maximum Gasteiger partial charge on any atom is 0.175 e. The number of nitrogens with two attached hydrogens (primary N) is 1. The van der Waals surface area contributed by atoms with E-state index in [1.807, 2.05) is 19.2 Å². The number of pyridine rings is 1. The number of aliphatic hydroxyl groups excluding tert-OH is 1. The average Bonchev–Trinajstić information content (AvgIpc) is 3.44. The van der Waals surface area contributed by atoms with Crippen molar-refractivity contribution in [3.05, 3.63) is 42.6 Å². The van der Waals surface area contributed by atoms with Gasteiger partial charge in [-0.15, -0.1) is 5.10 Å². The van der Waals surface area contributed by atoms with Gasteiger partial charge in [-0.25, -0.2) is 19.6 Å². The van der Waals surface area contributed by atoms with E-state index in [0.717, 1.165) is 35.5 Å². The lowest BCUT2D eigenvalue weighted by molar-refractivity contribution is 0.182. The third-order valence-corrected chi connectivity index (χ3v) is 5.57. The Labute approximate surface area is 178 Å². The molecule has 10 heteroatoms. The molecule has 158 valence electrons. The summed E-state index contributed by atoms with van der Waals surface area (Å²) in [5.74, 6) is 1.68. The Morgan fingerprint density at radius 1 is 1.23 bits per heavy atom. The molecule has 1 unspecified atom stereocenters. The van der Waals surface area contributed by atoms with Crippen LogP contribution in [0.3, 0.4) is 0 Å². The van der Waals surface area contributed by atoms with Gasteiger partial charge in [0.15, 0.2) is 11.6 Å². The normalized spacial score (nSPS) is 18.5. The number of hydrogen-bond donors (Lipinski definition) is 3. The maximum atomic E-state index is 9.88. The number of aromatic nitrogens is 7. The molecule has 1 saturated carbocycles. The second-order valence-electron chi connectivity index (χ2n) is 7.69. The molecule has 4 aromatic heterocycles. The molecule has 5 rings (SSSR count). The summed E-state index contributed by atoms with van der Waals surface area (Å²) in [6.45, 7) is 2.03. The minimum atomic E-state index is -0.265. The molecule has 31 heavy (non-hydrogen) atoms. The summed E-state index contributed by atoms with van der Waals surface area (Å²) in [6.07, 6.45) is 9.74. The number of rotatable bonds is 5. The van der Waals surface area contributed by atoms with Crippen LogP contribution in [0, 0.1) is 0 Å². The molecule has 10 nitrogen and oxygen atoms in total. The molecule has 2 atom stereocenters. The molecule has 0 saturated heterocycles. The first kappa shape index (κ1) is 19.3. The molecule has 4 aromatic rings. The van der Waals surface area contributed by atoms with Gasteiger partial charge >= 0.3 is 0 Å². The SMILES string of the molecule is CCc1nc2c(N)ncc(-c3cnn(-c4cccnn4)c3)c2nc1N[C@@H]1CCC(O)C1. The predicted octanol–water partition coefficient (Wildman–Crippen LogP) is 2.14. The van der Waals surface area contributed by atoms with Crippen molar-refractivity contribution in [1.29, 1.82) is 0 Å². The highest BCUT2D eigenvalue weighted by Gasteiger charge is 2.24. The van der Waals surface area contributed by atoms with E-state index >= 15 is 0 Å². The van der Waals surface area contributed by atoms with Gasteiger partial charge in [0.25, 0.3) is 0 Å². The zero-order valence-electron chi connectivity index (χ0n) is 17.1. The van der Waals surface area contributed by atoms with E-state index in [4.69, 9.17) is 15.7 Å². The molecule has 1 aliphatic rings. The van der Waals surface area contributed by atoms with E-state index in [2.05, 4.69) is 25.6 Å². The lowest BCUT2D eigenvalue weighted by atomic mass is 10.1. The maximum absolute atomic E-state index is 9.88. The zero-order chi connectivity index (χ0) is 21.4. The van der Waals surface area contributed by atoms with Crippen molar-refractivity contribution < 1.29 is 5.11 Å². The fourth-order valence-corrected chi connectivity index (χ4v) is 3.95. The number of aliphatic hydroxyl groups is 1. The Balaban J connectivity index is 1.59. The highest BCUT2D eigenvalue weighted by Crippen LogP contribution is 2.31. The molecule has 0 aromatic carbocycles. The van der Waals surface area contributed by atoms with Crippen LogP contribution in [0.2, 0.25) is 0 Å². The lowest BCUT2D eigenvalue weighted by Gasteiger charge is -2.17. The van der Waals surface area contributed by atoms with Gasteiger partial charge in [0, 0.05) is 35.8 Å². The second kappa shape index (κ2) is 7.88. The topological polar surface area (TPSA) is 141 Å². The number of fused-ring (bicyclic) bond motifs is 1. The highest BCUT2D eigenvalue weighted by molar-refractivity contribution is 5.96. The van der Waals surface area contributed by atoms with E-state index in [1.165, 1.54) is 0 Å². The lowest BCUT2D eigenvalue weighted by Crippen LogP contribution is -2.19. The highest BCUT2D eigenvalue weighted by atomic mass is 16.3. The number of aryl methyl sites for hydroxylation is 1. The standard InChI is InChI=1S/C21H23N9O/c1-2-16-21(26-13-5-6-14(31)8-13)28-18-15(10-23-20(22)19(18)27-16)12-9-25-30(11-12)17-4-3-7-24-29-17/h3-4,7,9-11,13-14,31H,2,5-6,8H2,1H3,(H2,22,23)(H,26,28)/t13-,14?/m1/s1. The second-order valence-corrected chi connectivity index (χ2v) is 7.69. The van der Waals surface area contributed by atoms with Gasteiger partial charge in [-0.05, 0) is 37.8 Å². The molecule has 4 heterocycles. The zero-order valence-corrected chi connectivity index (χ0v) is 17.1. The van der Waals surface area contributed by atoms with Gasteiger partial charge in [0.05, 0.1) is 18.0 Å². The predicted molar refractivity (Wildman–Crippen MR) is 117 cm³/mol. The number of hydrogen-bond acceptors (Lipinski definition) is 9. The first-order valence-corrected chi connectivity index (χ1v) is 10.3. The van der Waals surface area contributed by atoms with Gasteiger partial charge < -0.3 is 16.2 Å². The molecule has 1 fully saturated rings. The fraction of sp³-hybridized carbons (Fsp3) is 0.333. The van der Waals surface area contributed by atoms with Gasteiger partial charge in [-0.1, -0.05) is 6.92 Å². The van der Waals surface area contributed by atoms with E-state index in [9.17, 15) is 5.11 Å². The summed E-state index contributed by atoms with van der Waals surface area (Å²) in [6, 6.07) is 3.81. The van der Waals surface area contributed by atoms with Crippen molar-refractivity contribution in [3.63, 3.8) is 0 Å². The van der Waals surface area contributed by atoms with Crippen molar-refractivity contribution in [2.45, 2.75) is 44.8 Å². The molecular formula is C21H23N9O. The van der Waals surface area contributed by atoms with Crippen LogP contribution in [0.1, 0.15) is 31.9 Å². The van der Waals surface area contributed by atoms with Crippen LogP contribution in [0.5, 0.6) is 0 Å². The summed E-state index contributed by atoms with van der Waals surface area (Å²) in [4.78, 5) is 14.0. The van der Waals surface area contributed by atoms with Crippen LogP contribution in [-0.4, -0.2) is 52.2 Å². The molecule has 0 spiro atoms. The number of anilines is 2. The monoisotopic (exact) mass is 417 g/mol. The summed E-state index contributed by atoms with van der Waals surface area (Å²) in [5, 5.41) is 25.8. The van der Waals surface area contributed by atoms with Crippen molar-refractivity contribution in [1.82, 2.24) is 34.9 Å². The van der Waals surface area contributed by atoms with E-state index in [1.54, 1.807) is 29.3 Å². The summed E-state index contributed by atoms with van der Waals surface area (Å²) < 4.78 is 1.65. The van der Waals surface area contributed by atoms with Crippen LogP contribution in [0.4, 0.5) is 11.6 Å². The van der Waals surface area contributed by atoms with Crippen LogP contribution in [-0.2, 0) is 6.42 Å². The summed E-state index contributed by atoms with van der Waals surface area (Å²) >= 11 is 0. The molecule has 0 bridgehead atoms. The molecule has 1 aliphatic carbocycles. The Morgan fingerprint density at radius 2 is 2.13 bits per heavy atom. The fourth-order valence-electron chi connectivity index (χ4n) is 3.95. The number of nitrogens with one attached hydrogen (secondary N) is 1.